The van der Waals surface area contributed by atoms with Crippen LogP contribution in [0.25, 0.3) is 11.1 Å². The summed E-state index contributed by atoms with van der Waals surface area (Å²) in [6.07, 6.45) is 0.808. The minimum atomic E-state index is -3.94. The van der Waals surface area contributed by atoms with E-state index in [1.54, 1.807) is 42.3 Å². The molecule has 10 heteroatoms. The third kappa shape index (κ3) is 5.68. The Kier molecular flexibility index (Phi) is 7.60. The molecular weight excluding hydrogens is 484 g/mol. The molecule has 0 spiro atoms. The zero-order valence-corrected chi connectivity index (χ0v) is 20.8. The van der Waals surface area contributed by atoms with E-state index in [9.17, 15) is 23.6 Å². The number of anilines is 1. The Bertz CT molecular complexity index is 1340. The van der Waals surface area contributed by atoms with Gasteiger partial charge in [-0.05, 0) is 60.9 Å². The number of methoxy groups -OCH3 is 1. The largest absolute Gasteiger partial charge is 0.496 e. The highest BCUT2D eigenvalue weighted by Gasteiger charge is 2.32. The predicted octanol–water partition coefficient (Wildman–Crippen LogP) is 4.15. The molecule has 3 aromatic carbocycles. The third-order valence-electron chi connectivity index (χ3n) is 6.18. The molecule has 0 aromatic heterocycles. The molecule has 0 aliphatic carbocycles. The third-order valence-corrected chi connectivity index (χ3v) is 7.48. The van der Waals surface area contributed by atoms with E-state index in [1.165, 1.54) is 18.2 Å². The van der Waals surface area contributed by atoms with Crippen LogP contribution in [0.5, 0.6) is 5.75 Å². The Labute approximate surface area is 210 Å². The molecule has 1 amide bonds. The lowest BCUT2D eigenvalue weighted by atomic mass is 10.0. The molecule has 0 unspecified atom stereocenters. The lowest BCUT2D eigenvalue weighted by molar-refractivity contribution is -0.129. The van der Waals surface area contributed by atoms with Crippen molar-refractivity contribution in [2.45, 2.75) is 37.2 Å². The molecule has 1 fully saturated rings. The fraction of sp³-hybridized carbons (Fsp3) is 0.269. The highest BCUT2D eigenvalue weighted by molar-refractivity contribution is 7.86. The summed E-state index contributed by atoms with van der Waals surface area (Å²) in [5.41, 5.74) is 3.33. The molecule has 9 nitrogen and oxygen atoms in total. The van der Waals surface area contributed by atoms with Crippen molar-refractivity contribution in [3.63, 3.8) is 0 Å². The van der Waals surface area contributed by atoms with Gasteiger partial charge in [-0.2, -0.15) is 8.42 Å². The second-order valence-electron chi connectivity index (χ2n) is 8.64. The molecule has 1 aliphatic rings. The highest BCUT2D eigenvalue weighted by atomic mass is 32.2. The number of hydrogen-bond acceptors (Lipinski definition) is 8. The Hall–Kier alpha value is -3.44. The maximum atomic E-state index is 12.7. The SMILES string of the molecule is COc1ccc(CN2C(=O)CC[C@H]2COS(=O)(=O)c2ccc(C)cc2)cc1-c1cccc(N(O)O)c1. The van der Waals surface area contributed by atoms with Crippen molar-refractivity contribution in [3.8, 4) is 16.9 Å². The number of aryl methyl sites for hydroxylation is 1. The zero-order valence-electron chi connectivity index (χ0n) is 20.0. The van der Waals surface area contributed by atoms with E-state index in [-0.39, 0.29) is 40.9 Å². The first kappa shape index (κ1) is 25.6. The predicted molar refractivity (Wildman–Crippen MR) is 132 cm³/mol. The lowest BCUT2D eigenvalue weighted by Gasteiger charge is -2.25. The van der Waals surface area contributed by atoms with Gasteiger partial charge in [-0.15, -0.1) is 5.23 Å². The van der Waals surface area contributed by atoms with Crippen LogP contribution in [0.1, 0.15) is 24.0 Å². The average Bonchev–Trinajstić information content (AvgIpc) is 3.22. The topological polar surface area (TPSA) is 117 Å². The molecule has 1 atom stereocenters. The summed E-state index contributed by atoms with van der Waals surface area (Å²) in [5.74, 6) is 0.502. The van der Waals surface area contributed by atoms with E-state index in [4.69, 9.17) is 8.92 Å². The number of likely N-dealkylation sites (tertiary alicyclic amines) is 1. The maximum Gasteiger partial charge on any atom is 0.297 e. The zero-order chi connectivity index (χ0) is 25.9. The average molecular weight is 513 g/mol. The number of hydrogen-bond donors (Lipinski definition) is 2. The van der Waals surface area contributed by atoms with E-state index >= 15 is 0 Å². The number of ether oxygens (including phenoxy) is 1. The molecule has 3 aromatic rings. The van der Waals surface area contributed by atoms with Gasteiger partial charge in [0.15, 0.2) is 0 Å². The van der Waals surface area contributed by atoms with Gasteiger partial charge in [-0.25, -0.2) is 0 Å². The lowest BCUT2D eigenvalue weighted by Crippen LogP contribution is -2.36. The summed E-state index contributed by atoms with van der Waals surface area (Å²) >= 11 is 0. The number of carbonyl (C=O) groups is 1. The van der Waals surface area contributed by atoms with Crippen LogP contribution in [0.15, 0.2) is 71.6 Å². The minimum Gasteiger partial charge on any atom is -0.496 e. The van der Waals surface area contributed by atoms with Crippen molar-refractivity contribution in [1.82, 2.24) is 4.90 Å². The van der Waals surface area contributed by atoms with Crippen LogP contribution in [0, 0.1) is 6.92 Å². The van der Waals surface area contributed by atoms with Crippen molar-refractivity contribution in [1.29, 1.82) is 0 Å². The molecule has 4 rings (SSSR count). The Morgan fingerprint density at radius 1 is 1.06 bits per heavy atom. The van der Waals surface area contributed by atoms with Crippen LogP contribution in [-0.4, -0.2) is 49.4 Å². The van der Waals surface area contributed by atoms with Crippen LogP contribution >= 0.6 is 0 Å². The van der Waals surface area contributed by atoms with Crippen LogP contribution in [0.4, 0.5) is 5.69 Å². The van der Waals surface area contributed by atoms with Gasteiger partial charge in [0.05, 0.1) is 30.3 Å². The van der Waals surface area contributed by atoms with Crippen LogP contribution in [-0.2, 0) is 25.6 Å². The number of rotatable bonds is 9. The van der Waals surface area contributed by atoms with Gasteiger partial charge in [0.2, 0.25) is 5.91 Å². The van der Waals surface area contributed by atoms with Gasteiger partial charge in [-0.1, -0.05) is 35.9 Å². The van der Waals surface area contributed by atoms with Gasteiger partial charge in [0.1, 0.15) is 5.75 Å². The fourth-order valence-corrected chi connectivity index (χ4v) is 5.14. The van der Waals surface area contributed by atoms with E-state index in [0.29, 0.717) is 29.7 Å². The molecule has 1 saturated heterocycles. The summed E-state index contributed by atoms with van der Waals surface area (Å²) in [5, 5.41) is 18.8. The first-order valence-electron chi connectivity index (χ1n) is 11.4. The Morgan fingerprint density at radius 2 is 1.81 bits per heavy atom. The van der Waals surface area contributed by atoms with Gasteiger partial charge < -0.3 is 9.64 Å². The van der Waals surface area contributed by atoms with Crippen molar-refractivity contribution in [3.05, 3.63) is 77.9 Å². The summed E-state index contributed by atoms with van der Waals surface area (Å²) in [6, 6.07) is 18.1. The Balaban J connectivity index is 1.53. The monoisotopic (exact) mass is 512 g/mol. The standard InChI is InChI=1S/C26H28N2O7S/c1-18-6-10-23(11-7-18)36(32,33)35-17-22-9-13-26(29)27(22)16-19-8-12-25(34-2)24(14-19)20-4-3-5-21(15-20)28(30)31/h3-8,10-12,14-15,22,30-31H,9,13,16-17H2,1-2H3/t22-/m0/s1. The van der Waals surface area contributed by atoms with E-state index in [2.05, 4.69) is 0 Å². The van der Waals surface area contributed by atoms with Crippen LogP contribution in [0.3, 0.4) is 0 Å². The number of amides is 1. The molecule has 0 bridgehead atoms. The summed E-state index contributed by atoms with van der Waals surface area (Å²) in [6.45, 7) is 2.00. The first-order valence-corrected chi connectivity index (χ1v) is 12.8. The molecule has 190 valence electrons. The molecule has 1 heterocycles. The van der Waals surface area contributed by atoms with Crippen LogP contribution in [0.2, 0.25) is 0 Å². The van der Waals surface area contributed by atoms with E-state index in [1.807, 2.05) is 25.1 Å². The van der Waals surface area contributed by atoms with Gasteiger partial charge in [0.25, 0.3) is 10.1 Å². The smallest absolute Gasteiger partial charge is 0.297 e. The quantitative estimate of drug-likeness (QED) is 0.324. The molecule has 1 aliphatic heterocycles. The molecule has 0 saturated carbocycles. The van der Waals surface area contributed by atoms with Crippen LogP contribution < -0.4 is 9.96 Å². The molecule has 0 radical (unpaired) electrons. The van der Waals surface area contributed by atoms with Gasteiger partial charge in [0, 0.05) is 18.5 Å². The molecule has 36 heavy (non-hydrogen) atoms. The van der Waals surface area contributed by atoms with E-state index in [0.717, 1.165) is 11.1 Å². The number of benzene rings is 3. The fourth-order valence-electron chi connectivity index (χ4n) is 4.20. The minimum absolute atomic E-state index is 0.0397. The Morgan fingerprint density at radius 3 is 2.50 bits per heavy atom. The second-order valence-corrected chi connectivity index (χ2v) is 10.3. The van der Waals surface area contributed by atoms with Crippen molar-refractivity contribution in [2.75, 3.05) is 18.9 Å². The van der Waals surface area contributed by atoms with Crippen molar-refractivity contribution >= 4 is 21.7 Å². The normalized spacial score (nSPS) is 15.8. The summed E-state index contributed by atoms with van der Waals surface area (Å²) < 4.78 is 36.0. The second kappa shape index (κ2) is 10.7. The van der Waals surface area contributed by atoms with Gasteiger partial charge >= 0.3 is 0 Å². The maximum absolute atomic E-state index is 12.7. The first-order chi connectivity index (χ1) is 17.2. The van der Waals surface area contributed by atoms with Crippen molar-refractivity contribution in [2.24, 2.45) is 0 Å². The number of carbonyl (C=O) groups excluding carboxylic acids is 1. The summed E-state index contributed by atoms with van der Waals surface area (Å²) in [7, 11) is -2.40. The summed E-state index contributed by atoms with van der Waals surface area (Å²) in [4.78, 5) is 14.4. The van der Waals surface area contributed by atoms with Gasteiger partial charge in [-0.3, -0.25) is 19.4 Å². The van der Waals surface area contributed by atoms with Crippen molar-refractivity contribution < 1.29 is 32.5 Å². The van der Waals surface area contributed by atoms with E-state index < -0.39 is 10.1 Å². The molecule has 2 N–H and O–H groups in total. The number of nitrogens with zero attached hydrogens (tertiary/aromatic N) is 2. The molecular formula is C26H28N2O7S. The highest BCUT2D eigenvalue weighted by Crippen LogP contribution is 2.34.